The molecule has 0 saturated carbocycles. The summed E-state index contributed by atoms with van der Waals surface area (Å²) < 4.78 is 6.22. The highest BCUT2D eigenvalue weighted by Crippen LogP contribution is 2.17. The number of nitrogens with zero attached hydrogens (tertiary/aromatic N) is 1. The molecule has 108 valence electrons. The van der Waals surface area contributed by atoms with E-state index in [1.165, 1.54) is 0 Å². The molecule has 0 bridgehead atoms. The van der Waals surface area contributed by atoms with E-state index in [1.807, 2.05) is 25.1 Å². The van der Waals surface area contributed by atoms with Gasteiger partial charge in [-0.1, -0.05) is 12.1 Å². The molecule has 1 aliphatic heterocycles. The van der Waals surface area contributed by atoms with Gasteiger partial charge in [-0.15, -0.1) is 0 Å². The predicted octanol–water partition coefficient (Wildman–Crippen LogP) is 1.27. The zero-order valence-electron chi connectivity index (χ0n) is 11.3. The number of benzene rings is 1. The molecular formula is C14H17IN2O3. The molecule has 1 unspecified atom stereocenters. The number of likely N-dealkylation sites (N-methyl/N-ethyl adjacent to an activating group) is 1. The molecule has 1 fully saturated rings. The zero-order chi connectivity index (χ0) is 14.5. The molecule has 1 N–H and O–H groups in total. The van der Waals surface area contributed by atoms with E-state index in [4.69, 9.17) is 4.74 Å². The van der Waals surface area contributed by atoms with Crippen LogP contribution >= 0.6 is 22.6 Å². The van der Waals surface area contributed by atoms with Crippen LogP contribution in [0.1, 0.15) is 17.3 Å². The number of nitrogens with one attached hydrogen (secondary N) is 1. The van der Waals surface area contributed by atoms with Crippen molar-refractivity contribution < 1.29 is 14.3 Å². The van der Waals surface area contributed by atoms with E-state index in [2.05, 4.69) is 27.9 Å². The lowest BCUT2D eigenvalue weighted by Crippen LogP contribution is -2.56. The monoisotopic (exact) mass is 388 g/mol. The third-order valence-electron chi connectivity index (χ3n) is 3.15. The second-order valence-corrected chi connectivity index (χ2v) is 5.63. The van der Waals surface area contributed by atoms with Crippen LogP contribution in [0.2, 0.25) is 0 Å². The Morgan fingerprint density at radius 2 is 2.20 bits per heavy atom. The minimum Gasteiger partial charge on any atom is -0.377 e. The maximum Gasteiger partial charge on any atom is 0.255 e. The third-order valence-corrected chi connectivity index (χ3v) is 4.09. The van der Waals surface area contributed by atoms with E-state index >= 15 is 0 Å². The number of carbonyl (C=O) groups excluding carboxylic acids is 2. The summed E-state index contributed by atoms with van der Waals surface area (Å²) in [5, 5.41) is 2.75. The van der Waals surface area contributed by atoms with Crippen LogP contribution in [0, 0.1) is 3.57 Å². The fourth-order valence-electron chi connectivity index (χ4n) is 2.15. The van der Waals surface area contributed by atoms with Crippen molar-refractivity contribution in [1.29, 1.82) is 0 Å². The summed E-state index contributed by atoms with van der Waals surface area (Å²) in [6, 6.07) is 6.84. The Kier molecular flexibility index (Phi) is 5.36. The van der Waals surface area contributed by atoms with Crippen molar-refractivity contribution in [3.8, 4) is 0 Å². The Hall–Kier alpha value is -1.15. The second kappa shape index (κ2) is 7.03. The maximum absolute atomic E-state index is 12.6. The molecular weight excluding hydrogens is 371 g/mol. The average Bonchev–Trinajstić information content (AvgIpc) is 2.47. The topological polar surface area (TPSA) is 58.6 Å². The normalized spacial score (nSPS) is 18.7. The average molecular weight is 388 g/mol. The quantitative estimate of drug-likeness (QED) is 0.794. The highest BCUT2D eigenvalue weighted by Gasteiger charge is 2.33. The van der Waals surface area contributed by atoms with E-state index in [0.717, 1.165) is 3.57 Å². The predicted molar refractivity (Wildman–Crippen MR) is 83.5 cm³/mol. The van der Waals surface area contributed by atoms with Crippen LogP contribution in [-0.4, -0.2) is 49.1 Å². The highest BCUT2D eigenvalue weighted by atomic mass is 127. The molecule has 0 aliphatic carbocycles. The fourth-order valence-corrected chi connectivity index (χ4v) is 2.76. The molecule has 1 atom stereocenters. The Balaban J connectivity index is 2.22. The van der Waals surface area contributed by atoms with E-state index in [9.17, 15) is 9.59 Å². The smallest absolute Gasteiger partial charge is 0.255 e. The first kappa shape index (κ1) is 15.2. The second-order valence-electron chi connectivity index (χ2n) is 4.46. The number of carbonyl (C=O) groups is 2. The number of hydrogen-bond donors (Lipinski definition) is 1. The molecule has 2 rings (SSSR count). The summed E-state index contributed by atoms with van der Waals surface area (Å²) in [6.45, 7) is 3.55. The molecule has 1 aromatic rings. The largest absolute Gasteiger partial charge is 0.377 e. The van der Waals surface area contributed by atoms with Crippen molar-refractivity contribution in [1.82, 2.24) is 10.2 Å². The lowest BCUT2D eigenvalue weighted by molar-refractivity contribution is -0.130. The van der Waals surface area contributed by atoms with Gasteiger partial charge in [0, 0.05) is 16.7 Å². The molecule has 1 aliphatic rings. The van der Waals surface area contributed by atoms with Crippen LogP contribution in [-0.2, 0) is 9.53 Å². The SMILES string of the molecule is CCNC(=O)C1COCCN1C(=O)c1ccccc1I. The number of hydrogen-bond acceptors (Lipinski definition) is 3. The van der Waals surface area contributed by atoms with Crippen molar-refractivity contribution in [3.63, 3.8) is 0 Å². The molecule has 0 spiro atoms. The van der Waals surface area contributed by atoms with Crippen molar-refractivity contribution in [2.45, 2.75) is 13.0 Å². The van der Waals surface area contributed by atoms with Gasteiger partial charge in [0.2, 0.25) is 5.91 Å². The van der Waals surface area contributed by atoms with Crippen LogP contribution in [0.3, 0.4) is 0 Å². The first-order valence-corrected chi connectivity index (χ1v) is 7.64. The van der Waals surface area contributed by atoms with Crippen molar-refractivity contribution in [3.05, 3.63) is 33.4 Å². The summed E-state index contributed by atoms with van der Waals surface area (Å²) in [4.78, 5) is 26.3. The minimum absolute atomic E-state index is 0.116. The first-order valence-electron chi connectivity index (χ1n) is 6.56. The van der Waals surface area contributed by atoms with Crippen LogP contribution in [0.5, 0.6) is 0 Å². The van der Waals surface area contributed by atoms with Gasteiger partial charge in [0.15, 0.2) is 0 Å². The Labute approximate surface area is 131 Å². The number of amides is 2. The molecule has 6 heteroatoms. The number of morpholine rings is 1. The Morgan fingerprint density at radius 3 is 2.90 bits per heavy atom. The van der Waals surface area contributed by atoms with Crippen molar-refractivity contribution in [2.75, 3.05) is 26.3 Å². The standard InChI is InChI=1S/C14H17IN2O3/c1-2-16-13(18)12-9-20-8-7-17(12)14(19)10-5-3-4-6-11(10)15/h3-6,12H,2,7-9H2,1H3,(H,16,18). The number of halogens is 1. The van der Waals surface area contributed by atoms with Gasteiger partial charge >= 0.3 is 0 Å². The van der Waals surface area contributed by atoms with Crippen LogP contribution in [0.15, 0.2) is 24.3 Å². The van der Waals surface area contributed by atoms with E-state index in [1.54, 1.807) is 11.0 Å². The molecule has 0 radical (unpaired) electrons. The third kappa shape index (κ3) is 3.29. The van der Waals surface area contributed by atoms with Gasteiger partial charge in [0.1, 0.15) is 6.04 Å². The first-order chi connectivity index (χ1) is 9.65. The summed E-state index contributed by atoms with van der Waals surface area (Å²) >= 11 is 2.13. The minimum atomic E-state index is -0.549. The number of rotatable bonds is 3. The summed E-state index contributed by atoms with van der Waals surface area (Å²) in [5.74, 6) is -0.277. The number of ether oxygens (including phenoxy) is 1. The van der Waals surface area contributed by atoms with Gasteiger partial charge in [-0.3, -0.25) is 9.59 Å². The maximum atomic E-state index is 12.6. The van der Waals surface area contributed by atoms with Gasteiger partial charge in [-0.05, 0) is 41.6 Å². The molecule has 0 aromatic heterocycles. The van der Waals surface area contributed by atoms with E-state index < -0.39 is 6.04 Å². The summed E-state index contributed by atoms with van der Waals surface area (Å²) in [6.07, 6.45) is 0. The summed E-state index contributed by atoms with van der Waals surface area (Å²) in [5.41, 5.74) is 0.629. The molecule has 1 heterocycles. The fraction of sp³-hybridized carbons (Fsp3) is 0.429. The zero-order valence-corrected chi connectivity index (χ0v) is 13.4. The lowest BCUT2D eigenvalue weighted by Gasteiger charge is -2.34. The molecule has 5 nitrogen and oxygen atoms in total. The van der Waals surface area contributed by atoms with Crippen LogP contribution in [0.25, 0.3) is 0 Å². The molecule has 2 amide bonds. The van der Waals surface area contributed by atoms with Crippen LogP contribution in [0.4, 0.5) is 0 Å². The molecule has 1 aromatic carbocycles. The van der Waals surface area contributed by atoms with Crippen molar-refractivity contribution >= 4 is 34.4 Å². The van der Waals surface area contributed by atoms with E-state index in [-0.39, 0.29) is 18.4 Å². The lowest BCUT2D eigenvalue weighted by atomic mass is 10.1. The Morgan fingerprint density at radius 1 is 1.45 bits per heavy atom. The molecule has 1 saturated heterocycles. The van der Waals surface area contributed by atoms with Gasteiger partial charge in [-0.2, -0.15) is 0 Å². The van der Waals surface area contributed by atoms with Gasteiger partial charge < -0.3 is 15.0 Å². The molecule has 20 heavy (non-hydrogen) atoms. The summed E-state index contributed by atoms with van der Waals surface area (Å²) in [7, 11) is 0. The van der Waals surface area contributed by atoms with Gasteiger partial charge in [0.05, 0.1) is 18.8 Å². The van der Waals surface area contributed by atoms with Gasteiger partial charge in [0.25, 0.3) is 5.91 Å². The van der Waals surface area contributed by atoms with E-state index in [0.29, 0.717) is 25.3 Å². The highest BCUT2D eigenvalue weighted by molar-refractivity contribution is 14.1. The Bertz CT molecular complexity index is 507. The van der Waals surface area contributed by atoms with Crippen LogP contribution < -0.4 is 5.32 Å². The van der Waals surface area contributed by atoms with Crippen molar-refractivity contribution in [2.24, 2.45) is 0 Å². The van der Waals surface area contributed by atoms with Gasteiger partial charge in [-0.25, -0.2) is 0 Å².